The first-order valence-corrected chi connectivity index (χ1v) is 11.4. The molecule has 30 heavy (non-hydrogen) atoms. The van der Waals surface area contributed by atoms with E-state index in [9.17, 15) is 18.1 Å². The lowest BCUT2D eigenvalue weighted by Crippen LogP contribution is -2.34. The number of pyridine rings is 1. The summed E-state index contributed by atoms with van der Waals surface area (Å²) in [6.45, 7) is 5.81. The Bertz CT molecular complexity index is 1250. The van der Waals surface area contributed by atoms with Gasteiger partial charge in [0.1, 0.15) is 16.8 Å². The number of sulfonamides is 1. The zero-order valence-corrected chi connectivity index (χ0v) is 17.9. The zero-order valence-electron chi connectivity index (χ0n) is 17.1. The van der Waals surface area contributed by atoms with Gasteiger partial charge in [-0.3, -0.25) is 4.98 Å². The van der Waals surface area contributed by atoms with Crippen molar-refractivity contribution in [1.82, 2.24) is 14.3 Å². The van der Waals surface area contributed by atoms with Crippen LogP contribution in [0.5, 0.6) is 0 Å². The minimum atomic E-state index is -3.67. The molecule has 1 fully saturated rings. The first-order chi connectivity index (χ1) is 14.2. The molecule has 2 aromatic heterocycles. The minimum Gasteiger partial charge on any atom is -0.336 e. The van der Waals surface area contributed by atoms with Crippen LogP contribution in [0.25, 0.3) is 22.3 Å². The van der Waals surface area contributed by atoms with Crippen LogP contribution in [0.3, 0.4) is 0 Å². The van der Waals surface area contributed by atoms with Gasteiger partial charge < -0.3 is 4.57 Å². The highest BCUT2D eigenvalue weighted by Gasteiger charge is 2.31. The van der Waals surface area contributed by atoms with Crippen LogP contribution in [0.4, 0.5) is 4.39 Å². The standard InChI is InChI=1S/C22H23FN4O2S/c1-13(2)27-21-9-6-16(23)10-18(21)19(11-24)22(27)20-8-7-17(12-25-20)30(28,29)26-14(3)15-4-5-15/h6-10,12-15,26H,4-5H2,1-3H3/t14-/m0/s1. The molecule has 2 heterocycles. The van der Waals surface area contributed by atoms with E-state index in [1.54, 1.807) is 12.1 Å². The molecule has 4 rings (SSSR count). The Balaban J connectivity index is 1.79. The van der Waals surface area contributed by atoms with E-state index in [1.807, 2.05) is 25.3 Å². The molecule has 0 aliphatic heterocycles. The first-order valence-electron chi connectivity index (χ1n) is 9.95. The average Bonchev–Trinajstić information content (AvgIpc) is 3.49. The number of fused-ring (bicyclic) bond motifs is 1. The smallest absolute Gasteiger partial charge is 0.242 e. The van der Waals surface area contributed by atoms with E-state index in [4.69, 9.17) is 0 Å². The molecular formula is C22H23FN4O2S. The van der Waals surface area contributed by atoms with E-state index in [0.717, 1.165) is 18.4 Å². The summed E-state index contributed by atoms with van der Waals surface area (Å²) in [4.78, 5) is 4.45. The van der Waals surface area contributed by atoms with Crippen LogP contribution in [0, 0.1) is 23.1 Å². The van der Waals surface area contributed by atoms with Gasteiger partial charge in [-0.2, -0.15) is 5.26 Å². The fourth-order valence-corrected chi connectivity index (χ4v) is 5.13. The molecule has 156 valence electrons. The molecule has 1 aliphatic carbocycles. The highest BCUT2D eigenvalue weighted by molar-refractivity contribution is 7.89. The van der Waals surface area contributed by atoms with Crippen molar-refractivity contribution in [3.63, 3.8) is 0 Å². The molecule has 0 spiro atoms. The van der Waals surface area contributed by atoms with Gasteiger partial charge in [0.05, 0.1) is 22.5 Å². The summed E-state index contributed by atoms with van der Waals surface area (Å²) < 4.78 is 43.8. The van der Waals surface area contributed by atoms with E-state index in [-0.39, 0.29) is 17.0 Å². The van der Waals surface area contributed by atoms with Crippen molar-refractivity contribution in [2.24, 2.45) is 5.92 Å². The molecule has 0 radical (unpaired) electrons. The largest absolute Gasteiger partial charge is 0.336 e. The summed E-state index contributed by atoms with van der Waals surface area (Å²) >= 11 is 0. The number of hydrogen-bond acceptors (Lipinski definition) is 4. The van der Waals surface area contributed by atoms with E-state index >= 15 is 0 Å². The van der Waals surface area contributed by atoms with Crippen molar-refractivity contribution in [3.05, 3.63) is 47.9 Å². The van der Waals surface area contributed by atoms with Gasteiger partial charge in [0.15, 0.2) is 0 Å². The van der Waals surface area contributed by atoms with Gasteiger partial charge >= 0.3 is 0 Å². The fourth-order valence-electron chi connectivity index (χ4n) is 3.87. The monoisotopic (exact) mass is 426 g/mol. The van der Waals surface area contributed by atoms with Crippen molar-refractivity contribution in [2.45, 2.75) is 50.6 Å². The van der Waals surface area contributed by atoms with Crippen LogP contribution in [0.2, 0.25) is 0 Å². The number of halogens is 1. The Morgan fingerprint density at radius 3 is 2.53 bits per heavy atom. The molecule has 0 bridgehead atoms. The summed E-state index contributed by atoms with van der Waals surface area (Å²) in [5.41, 5.74) is 2.07. The second kappa shape index (κ2) is 7.49. The Morgan fingerprint density at radius 1 is 1.23 bits per heavy atom. The van der Waals surface area contributed by atoms with Crippen LogP contribution in [-0.4, -0.2) is 24.0 Å². The van der Waals surface area contributed by atoms with E-state index in [0.29, 0.717) is 28.3 Å². The van der Waals surface area contributed by atoms with Crippen LogP contribution < -0.4 is 4.72 Å². The van der Waals surface area contributed by atoms with Gasteiger partial charge in [-0.05, 0) is 69.9 Å². The summed E-state index contributed by atoms with van der Waals surface area (Å²) in [5, 5.41) is 10.3. The minimum absolute atomic E-state index is 0.0127. The van der Waals surface area contributed by atoms with Gasteiger partial charge in [0, 0.05) is 23.7 Å². The molecule has 1 aliphatic rings. The molecule has 1 atom stereocenters. The number of benzene rings is 1. The molecule has 0 unspecified atom stereocenters. The molecule has 6 nitrogen and oxygen atoms in total. The molecule has 1 saturated carbocycles. The third-order valence-corrected chi connectivity index (χ3v) is 7.10. The van der Waals surface area contributed by atoms with Gasteiger partial charge in [0.2, 0.25) is 10.0 Å². The lowest BCUT2D eigenvalue weighted by molar-refractivity contribution is 0.538. The van der Waals surface area contributed by atoms with Crippen LogP contribution >= 0.6 is 0 Å². The van der Waals surface area contributed by atoms with Crippen LogP contribution in [0.1, 0.15) is 45.2 Å². The lowest BCUT2D eigenvalue weighted by atomic mass is 10.1. The van der Waals surface area contributed by atoms with Crippen molar-refractivity contribution < 1.29 is 12.8 Å². The van der Waals surface area contributed by atoms with Crippen LogP contribution in [0.15, 0.2) is 41.4 Å². The quantitative estimate of drug-likeness (QED) is 0.634. The summed E-state index contributed by atoms with van der Waals surface area (Å²) in [5.74, 6) is -0.0240. The molecule has 1 N–H and O–H groups in total. The van der Waals surface area contributed by atoms with Gasteiger partial charge in [0.25, 0.3) is 0 Å². The summed E-state index contributed by atoms with van der Waals surface area (Å²) in [7, 11) is -3.67. The number of nitriles is 1. The zero-order chi connectivity index (χ0) is 21.6. The fraction of sp³-hybridized carbons (Fsp3) is 0.364. The van der Waals surface area contributed by atoms with Gasteiger partial charge in [-0.25, -0.2) is 17.5 Å². The highest BCUT2D eigenvalue weighted by Crippen LogP contribution is 2.36. The van der Waals surface area contributed by atoms with E-state index < -0.39 is 15.8 Å². The maximum Gasteiger partial charge on any atom is 0.242 e. The van der Waals surface area contributed by atoms with Gasteiger partial charge in [-0.1, -0.05) is 0 Å². The predicted octanol–water partition coefficient (Wildman–Crippen LogP) is 4.37. The lowest BCUT2D eigenvalue weighted by Gasteiger charge is -2.15. The highest BCUT2D eigenvalue weighted by atomic mass is 32.2. The Hall–Kier alpha value is -2.76. The number of nitrogens with zero attached hydrogens (tertiary/aromatic N) is 3. The van der Waals surface area contributed by atoms with Gasteiger partial charge in [-0.15, -0.1) is 0 Å². The maximum atomic E-state index is 13.8. The Labute approximate surface area is 175 Å². The number of aromatic nitrogens is 2. The SMILES string of the molecule is CC(C)n1c(-c2ccc(S(=O)(=O)N[C@@H](C)C3CC3)cn2)c(C#N)c2cc(F)ccc21. The van der Waals surface area contributed by atoms with E-state index in [1.165, 1.54) is 24.4 Å². The molecule has 8 heteroatoms. The molecule has 0 saturated heterocycles. The van der Waals surface area contributed by atoms with Crippen LogP contribution in [-0.2, 0) is 10.0 Å². The van der Waals surface area contributed by atoms with Crippen molar-refractivity contribution in [2.75, 3.05) is 0 Å². The Kier molecular flexibility index (Phi) is 5.12. The summed E-state index contributed by atoms with van der Waals surface area (Å²) in [6, 6.07) is 9.50. The predicted molar refractivity (Wildman–Crippen MR) is 113 cm³/mol. The normalized spacial score (nSPS) is 15.5. The maximum absolute atomic E-state index is 13.8. The molecule has 0 amide bonds. The summed E-state index contributed by atoms with van der Waals surface area (Å²) in [6.07, 6.45) is 3.39. The van der Waals surface area contributed by atoms with Crippen molar-refractivity contribution in [3.8, 4) is 17.5 Å². The van der Waals surface area contributed by atoms with Crippen molar-refractivity contribution >= 4 is 20.9 Å². The first kappa shape index (κ1) is 20.5. The number of rotatable bonds is 6. The third kappa shape index (κ3) is 3.59. The topological polar surface area (TPSA) is 87.8 Å². The second-order valence-electron chi connectivity index (χ2n) is 8.09. The average molecular weight is 427 g/mol. The third-order valence-electron chi connectivity index (χ3n) is 5.55. The number of nitrogens with one attached hydrogen (secondary N) is 1. The number of hydrogen-bond donors (Lipinski definition) is 1. The molecular weight excluding hydrogens is 403 g/mol. The molecule has 1 aromatic carbocycles. The van der Waals surface area contributed by atoms with E-state index in [2.05, 4.69) is 15.8 Å². The Morgan fingerprint density at radius 2 is 1.97 bits per heavy atom. The molecule has 3 aromatic rings. The van der Waals surface area contributed by atoms with Crippen molar-refractivity contribution in [1.29, 1.82) is 5.26 Å². The second-order valence-corrected chi connectivity index (χ2v) is 9.80.